The Morgan fingerprint density at radius 1 is 1.15 bits per heavy atom. The molecule has 0 unspecified atom stereocenters. The molecule has 5 nitrogen and oxygen atoms in total. The van der Waals surface area contributed by atoms with Crippen molar-refractivity contribution in [1.82, 2.24) is 14.9 Å². The number of rotatable bonds is 9. The Balaban J connectivity index is 2.94. The Labute approximate surface area is 127 Å². The van der Waals surface area contributed by atoms with Crippen LogP contribution in [0.25, 0.3) is 0 Å². The number of nitrogens with one attached hydrogen (secondary N) is 1. The molecule has 0 bridgehead atoms. The van der Waals surface area contributed by atoms with Crippen molar-refractivity contribution in [1.29, 1.82) is 0 Å². The number of thioether (sulfide) groups is 1. The van der Waals surface area contributed by atoms with Crippen LogP contribution in [-0.4, -0.2) is 61.4 Å². The van der Waals surface area contributed by atoms with Gasteiger partial charge in [-0.2, -0.15) is 0 Å². The quantitative estimate of drug-likeness (QED) is 0.558. The molecule has 0 atom stereocenters. The summed E-state index contributed by atoms with van der Waals surface area (Å²) < 4.78 is 0. The number of hydrogen-bond acceptors (Lipinski definition) is 6. The average Bonchev–Trinajstić information content (AvgIpc) is 2.43. The van der Waals surface area contributed by atoms with Gasteiger partial charge in [-0.1, -0.05) is 18.7 Å². The molecule has 0 radical (unpaired) electrons. The van der Waals surface area contributed by atoms with Crippen LogP contribution < -0.4 is 10.2 Å². The molecule has 114 valence electrons. The molecule has 1 aromatic heterocycles. The van der Waals surface area contributed by atoms with Crippen LogP contribution in [0, 0.1) is 0 Å². The highest BCUT2D eigenvalue weighted by molar-refractivity contribution is 7.98. The maximum absolute atomic E-state index is 4.65. The van der Waals surface area contributed by atoms with Crippen molar-refractivity contribution in [2.24, 2.45) is 0 Å². The van der Waals surface area contributed by atoms with Gasteiger partial charge < -0.3 is 15.1 Å². The van der Waals surface area contributed by atoms with E-state index < -0.39 is 0 Å². The van der Waals surface area contributed by atoms with Crippen molar-refractivity contribution < 1.29 is 0 Å². The van der Waals surface area contributed by atoms with Crippen LogP contribution in [0.1, 0.15) is 20.3 Å². The maximum Gasteiger partial charge on any atom is 0.191 e. The highest BCUT2D eigenvalue weighted by Gasteiger charge is 2.11. The standard InChI is InChI=1S/C14H27N5S/c1-6-8-19(10-9-18(3)4)13-11-12(15-7-2)16-14(17-13)20-5/h11H,6-10H2,1-5H3,(H,15,16,17). The van der Waals surface area contributed by atoms with Gasteiger partial charge in [-0.3, -0.25) is 0 Å². The van der Waals surface area contributed by atoms with Crippen molar-refractivity contribution in [3.63, 3.8) is 0 Å². The van der Waals surface area contributed by atoms with E-state index in [9.17, 15) is 0 Å². The maximum atomic E-state index is 4.65. The molecule has 0 fully saturated rings. The fourth-order valence-corrected chi connectivity index (χ4v) is 2.24. The average molecular weight is 297 g/mol. The lowest BCUT2D eigenvalue weighted by Crippen LogP contribution is -2.33. The Morgan fingerprint density at radius 3 is 2.45 bits per heavy atom. The number of nitrogens with zero attached hydrogens (tertiary/aromatic N) is 4. The lowest BCUT2D eigenvalue weighted by atomic mass is 10.3. The first kappa shape index (κ1) is 17.0. The first-order chi connectivity index (χ1) is 9.60. The summed E-state index contributed by atoms with van der Waals surface area (Å²) >= 11 is 1.58. The number of anilines is 2. The zero-order valence-electron chi connectivity index (χ0n) is 13.3. The Morgan fingerprint density at radius 2 is 1.90 bits per heavy atom. The van der Waals surface area contributed by atoms with E-state index in [0.29, 0.717) is 0 Å². The largest absolute Gasteiger partial charge is 0.370 e. The summed E-state index contributed by atoms with van der Waals surface area (Å²) in [7, 11) is 4.20. The molecule has 1 heterocycles. The van der Waals surface area contributed by atoms with Crippen LogP contribution in [0.5, 0.6) is 0 Å². The highest BCUT2D eigenvalue weighted by atomic mass is 32.2. The molecule has 0 saturated heterocycles. The topological polar surface area (TPSA) is 44.3 Å². The van der Waals surface area contributed by atoms with Gasteiger partial charge >= 0.3 is 0 Å². The van der Waals surface area contributed by atoms with E-state index in [4.69, 9.17) is 0 Å². The summed E-state index contributed by atoms with van der Waals surface area (Å²) in [6.07, 6.45) is 3.13. The molecule has 20 heavy (non-hydrogen) atoms. The fraction of sp³-hybridized carbons (Fsp3) is 0.714. The summed E-state index contributed by atoms with van der Waals surface area (Å²) in [6, 6.07) is 2.05. The number of likely N-dealkylation sites (N-methyl/N-ethyl adjacent to an activating group) is 1. The highest BCUT2D eigenvalue weighted by Crippen LogP contribution is 2.20. The summed E-state index contributed by atoms with van der Waals surface area (Å²) in [6.45, 7) is 8.17. The number of aromatic nitrogens is 2. The third-order valence-corrected chi connectivity index (χ3v) is 3.41. The minimum Gasteiger partial charge on any atom is -0.370 e. The van der Waals surface area contributed by atoms with Crippen LogP contribution in [0.3, 0.4) is 0 Å². The molecule has 1 rings (SSSR count). The molecule has 6 heteroatoms. The van der Waals surface area contributed by atoms with E-state index in [1.807, 2.05) is 6.26 Å². The van der Waals surface area contributed by atoms with Crippen molar-refractivity contribution in [2.45, 2.75) is 25.4 Å². The van der Waals surface area contributed by atoms with Crippen molar-refractivity contribution in [3.8, 4) is 0 Å². The normalized spacial score (nSPS) is 10.9. The van der Waals surface area contributed by atoms with Gasteiger partial charge in [-0.15, -0.1) is 0 Å². The summed E-state index contributed by atoms with van der Waals surface area (Å²) in [5.74, 6) is 1.93. The van der Waals surface area contributed by atoms with Crippen LogP contribution in [0.4, 0.5) is 11.6 Å². The molecule has 0 aliphatic rings. The molecule has 0 aromatic carbocycles. The van der Waals surface area contributed by atoms with Gasteiger partial charge in [0, 0.05) is 32.2 Å². The molecule has 0 spiro atoms. The van der Waals surface area contributed by atoms with Gasteiger partial charge in [0.05, 0.1) is 0 Å². The van der Waals surface area contributed by atoms with Crippen LogP contribution in [0.2, 0.25) is 0 Å². The first-order valence-corrected chi connectivity index (χ1v) is 8.39. The molecule has 0 saturated carbocycles. The van der Waals surface area contributed by atoms with E-state index in [-0.39, 0.29) is 0 Å². The van der Waals surface area contributed by atoms with Crippen molar-refractivity contribution in [2.75, 3.05) is 56.7 Å². The third kappa shape index (κ3) is 5.54. The fourth-order valence-electron chi connectivity index (χ4n) is 1.87. The zero-order chi connectivity index (χ0) is 15.0. The molecular formula is C14H27N5S. The summed E-state index contributed by atoms with van der Waals surface area (Å²) in [5.41, 5.74) is 0. The van der Waals surface area contributed by atoms with Gasteiger partial charge in [0.15, 0.2) is 5.16 Å². The van der Waals surface area contributed by atoms with E-state index in [0.717, 1.165) is 49.4 Å². The van der Waals surface area contributed by atoms with Crippen LogP contribution in [-0.2, 0) is 0 Å². The summed E-state index contributed by atoms with van der Waals surface area (Å²) in [4.78, 5) is 13.7. The van der Waals surface area contributed by atoms with Crippen LogP contribution >= 0.6 is 11.8 Å². The van der Waals surface area contributed by atoms with E-state index in [2.05, 4.69) is 59.1 Å². The number of hydrogen-bond donors (Lipinski definition) is 1. The molecule has 1 aromatic rings. The Bertz CT molecular complexity index is 397. The molecule has 0 aliphatic heterocycles. The zero-order valence-corrected chi connectivity index (χ0v) is 14.1. The minimum absolute atomic E-state index is 0.824. The lowest BCUT2D eigenvalue weighted by molar-refractivity contribution is 0.412. The second-order valence-electron chi connectivity index (χ2n) is 4.92. The Kier molecular flexibility index (Phi) is 7.69. The van der Waals surface area contributed by atoms with Crippen LogP contribution in [0.15, 0.2) is 11.2 Å². The molecule has 0 aliphatic carbocycles. The van der Waals surface area contributed by atoms with E-state index >= 15 is 0 Å². The monoisotopic (exact) mass is 297 g/mol. The van der Waals surface area contributed by atoms with Gasteiger partial charge in [-0.25, -0.2) is 9.97 Å². The smallest absolute Gasteiger partial charge is 0.191 e. The minimum atomic E-state index is 0.824. The van der Waals surface area contributed by atoms with Gasteiger partial charge in [0.1, 0.15) is 11.6 Å². The van der Waals surface area contributed by atoms with E-state index in [1.165, 1.54) is 0 Å². The predicted octanol–water partition coefficient (Wildman–Crippen LogP) is 2.41. The molecule has 1 N–H and O–H groups in total. The molecular weight excluding hydrogens is 270 g/mol. The summed E-state index contributed by atoms with van der Waals surface area (Å²) in [5, 5.41) is 4.11. The second kappa shape index (κ2) is 9.02. The third-order valence-electron chi connectivity index (χ3n) is 2.87. The second-order valence-corrected chi connectivity index (χ2v) is 5.69. The van der Waals surface area contributed by atoms with E-state index in [1.54, 1.807) is 11.8 Å². The first-order valence-electron chi connectivity index (χ1n) is 7.17. The van der Waals surface area contributed by atoms with Gasteiger partial charge in [-0.05, 0) is 33.7 Å². The van der Waals surface area contributed by atoms with Crippen molar-refractivity contribution in [3.05, 3.63) is 6.07 Å². The van der Waals surface area contributed by atoms with Gasteiger partial charge in [0.25, 0.3) is 0 Å². The SMILES string of the molecule is CCCN(CCN(C)C)c1cc(NCC)nc(SC)n1. The van der Waals surface area contributed by atoms with Gasteiger partial charge in [0.2, 0.25) is 0 Å². The molecule has 0 amide bonds. The predicted molar refractivity (Wildman–Crippen MR) is 89.0 cm³/mol. The Hall–Kier alpha value is -1.01. The van der Waals surface area contributed by atoms with Crippen molar-refractivity contribution >= 4 is 23.4 Å². The lowest BCUT2D eigenvalue weighted by Gasteiger charge is -2.25.